The van der Waals surface area contributed by atoms with Crippen LogP contribution in [-0.4, -0.2) is 5.91 Å². The van der Waals surface area contributed by atoms with Crippen molar-refractivity contribution in [3.05, 3.63) is 63.6 Å². The summed E-state index contributed by atoms with van der Waals surface area (Å²) in [5, 5.41) is 2.70. The van der Waals surface area contributed by atoms with Crippen molar-refractivity contribution in [1.29, 1.82) is 0 Å². The number of amides is 1. The van der Waals surface area contributed by atoms with Gasteiger partial charge in [-0.25, -0.2) is 8.78 Å². The van der Waals surface area contributed by atoms with Crippen molar-refractivity contribution < 1.29 is 13.6 Å². The fraction of sp³-hybridized carbons (Fsp3) is 0.133. The molecule has 0 aliphatic carbocycles. The standard InChI is InChI=1S/C15H13BrF2N2O/c1-8(9-2-5-12(17)13(18)6-9)20-15(21)11-4-3-10(16)7-14(11)19/h2-8H,19H2,1H3,(H,20,21). The molecule has 2 aromatic carbocycles. The summed E-state index contributed by atoms with van der Waals surface area (Å²) >= 11 is 3.26. The molecule has 0 spiro atoms. The summed E-state index contributed by atoms with van der Waals surface area (Å²) in [6.07, 6.45) is 0. The predicted molar refractivity (Wildman–Crippen MR) is 80.8 cm³/mol. The Kier molecular flexibility index (Phi) is 4.57. The van der Waals surface area contributed by atoms with Crippen molar-refractivity contribution in [2.45, 2.75) is 13.0 Å². The van der Waals surface area contributed by atoms with Crippen molar-refractivity contribution in [1.82, 2.24) is 5.32 Å². The van der Waals surface area contributed by atoms with Crippen molar-refractivity contribution >= 4 is 27.5 Å². The number of carbonyl (C=O) groups is 1. The summed E-state index contributed by atoms with van der Waals surface area (Å²) in [6.45, 7) is 1.68. The van der Waals surface area contributed by atoms with Crippen molar-refractivity contribution in [2.24, 2.45) is 0 Å². The molecule has 0 saturated carbocycles. The number of benzene rings is 2. The van der Waals surface area contributed by atoms with Crippen molar-refractivity contribution in [3.8, 4) is 0 Å². The Bertz CT molecular complexity index is 691. The number of nitrogens with one attached hydrogen (secondary N) is 1. The van der Waals surface area contributed by atoms with Gasteiger partial charge in [-0.1, -0.05) is 22.0 Å². The van der Waals surface area contributed by atoms with Crippen LogP contribution in [0.15, 0.2) is 40.9 Å². The number of carbonyl (C=O) groups excluding carboxylic acids is 1. The van der Waals surface area contributed by atoms with Crippen LogP contribution in [0.3, 0.4) is 0 Å². The number of anilines is 1. The lowest BCUT2D eigenvalue weighted by Gasteiger charge is -2.15. The zero-order chi connectivity index (χ0) is 15.6. The second-order valence-corrected chi connectivity index (χ2v) is 5.52. The number of hydrogen-bond donors (Lipinski definition) is 2. The molecule has 0 fully saturated rings. The van der Waals surface area contributed by atoms with E-state index in [-0.39, 0.29) is 5.91 Å². The van der Waals surface area contributed by atoms with E-state index in [2.05, 4.69) is 21.2 Å². The molecule has 2 aromatic rings. The normalized spacial score (nSPS) is 12.0. The molecule has 0 aliphatic rings. The van der Waals surface area contributed by atoms with Crippen LogP contribution >= 0.6 is 15.9 Å². The van der Waals surface area contributed by atoms with Gasteiger partial charge >= 0.3 is 0 Å². The van der Waals surface area contributed by atoms with E-state index in [1.807, 2.05) is 0 Å². The van der Waals surface area contributed by atoms with Gasteiger partial charge in [-0.3, -0.25) is 4.79 Å². The highest BCUT2D eigenvalue weighted by molar-refractivity contribution is 9.10. The van der Waals surface area contributed by atoms with E-state index in [0.717, 1.165) is 16.6 Å². The van der Waals surface area contributed by atoms with Crippen LogP contribution in [0.4, 0.5) is 14.5 Å². The molecule has 0 heterocycles. The van der Waals surface area contributed by atoms with Gasteiger partial charge < -0.3 is 11.1 Å². The highest BCUT2D eigenvalue weighted by Crippen LogP contribution is 2.20. The van der Waals surface area contributed by atoms with E-state index in [9.17, 15) is 13.6 Å². The summed E-state index contributed by atoms with van der Waals surface area (Å²) < 4.78 is 26.9. The lowest BCUT2D eigenvalue weighted by atomic mass is 10.1. The average Bonchev–Trinajstić information content (AvgIpc) is 2.41. The molecule has 1 unspecified atom stereocenters. The quantitative estimate of drug-likeness (QED) is 0.823. The van der Waals surface area contributed by atoms with Gasteiger partial charge in [0.25, 0.3) is 5.91 Å². The fourth-order valence-corrected chi connectivity index (χ4v) is 2.26. The molecule has 0 radical (unpaired) electrons. The Balaban J connectivity index is 2.16. The Morgan fingerprint density at radius 1 is 1.19 bits per heavy atom. The number of hydrogen-bond acceptors (Lipinski definition) is 2. The Labute approximate surface area is 129 Å². The van der Waals surface area contributed by atoms with Gasteiger partial charge in [0.15, 0.2) is 11.6 Å². The van der Waals surface area contributed by atoms with Crippen LogP contribution in [0, 0.1) is 11.6 Å². The number of nitrogens with two attached hydrogens (primary N) is 1. The van der Waals surface area contributed by atoms with Gasteiger partial charge in [0.2, 0.25) is 0 Å². The molecule has 2 rings (SSSR count). The summed E-state index contributed by atoms with van der Waals surface area (Å²) in [5.41, 5.74) is 6.91. The average molecular weight is 355 g/mol. The Morgan fingerprint density at radius 3 is 2.52 bits per heavy atom. The third-order valence-electron chi connectivity index (χ3n) is 3.05. The second kappa shape index (κ2) is 6.22. The maximum atomic E-state index is 13.2. The van der Waals surface area contributed by atoms with E-state index >= 15 is 0 Å². The minimum Gasteiger partial charge on any atom is -0.398 e. The molecule has 1 amide bonds. The summed E-state index contributed by atoms with van der Waals surface area (Å²) in [7, 11) is 0. The molecule has 6 heteroatoms. The smallest absolute Gasteiger partial charge is 0.253 e. The van der Waals surface area contributed by atoms with E-state index in [4.69, 9.17) is 5.73 Å². The van der Waals surface area contributed by atoms with Gasteiger partial charge in [0.1, 0.15) is 0 Å². The minimum absolute atomic E-state index is 0.327. The molecule has 3 N–H and O–H groups in total. The first-order valence-corrected chi connectivity index (χ1v) is 6.98. The van der Waals surface area contributed by atoms with Gasteiger partial charge in [-0.15, -0.1) is 0 Å². The first-order chi connectivity index (χ1) is 9.88. The highest BCUT2D eigenvalue weighted by atomic mass is 79.9. The Morgan fingerprint density at radius 2 is 1.90 bits per heavy atom. The van der Waals surface area contributed by atoms with Gasteiger partial charge in [-0.05, 0) is 42.8 Å². The zero-order valence-electron chi connectivity index (χ0n) is 11.2. The Hall–Kier alpha value is -1.95. The molecular formula is C15H13BrF2N2O. The molecular weight excluding hydrogens is 342 g/mol. The largest absolute Gasteiger partial charge is 0.398 e. The fourth-order valence-electron chi connectivity index (χ4n) is 1.88. The second-order valence-electron chi connectivity index (χ2n) is 4.60. The maximum Gasteiger partial charge on any atom is 0.253 e. The van der Waals surface area contributed by atoms with Crippen LogP contribution < -0.4 is 11.1 Å². The third kappa shape index (κ3) is 3.58. The number of nitrogen functional groups attached to an aromatic ring is 1. The van der Waals surface area contributed by atoms with Crippen LogP contribution in [0.2, 0.25) is 0 Å². The van der Waals surface area contributed by atoms with Crippen molar-refractivity contribution in [3.63, 3.8) is 0 Å². The predicted octanol–water partition coefficient (Wildman–Crippen LogP) is 3.80. The van der Waals surface area contributed by atoms with E-state index < -0.39 is 17.7 Å². The molecule has 0 aliphatic heterocycles. The summed E-state index contributed by atoms with van der Waals surface area (Å²) in [5.74, 6) is -2.25. The van der Waals surface area contributed by atoms with E-state index in [1.165, 1.54) is 6.07 Å². The minimum atomic E-state index is -0.947. The molecule has 0 bridgehead atoms. The van der Waals surface area contributed by atoms with Crippen LogP contribution in [-0.2, 0) is 0 Å². The molecule has 110 valence electrons. The van der Waals surface area contributed by atoms with Crippen LogP contribution in [0.1, 0.15) is 28.9 Å². The zero-order valence-corrected chi connectivity index (χ0v) is 12.7. The summed E-state index contributed by atoms with van der Waals surface area (Å²) in [4.78, 5) is 12.1. The van der Waals surface area contributed by atoms with E-state index in [0.29, 0.717) is 16.8 Å². The van der Waals surface area contributed by atoms with E-state index in [1.54, 1.807) is 25.1 Å². The van der Waals surface area contributed by atoms with Crippen LogP contribution in [0.5, 0.6) is 0 Å². The first kappa shape index (κ1) is 15.4. The van der Waals surface area contributed by atoms with Gasteiger partial charge in [0, 0.05) is 10.2 Å². The van der Waals surface area contributed by atoms with Gasteiger partial charge in [0.05, 0.1) is 11.6 Å². The monoisotopic (exact) mass is 354 g/mol. The molecule has 21 heavy (non-hydrogen) atoms. The summed E-state index contributed by atoms with van der Waals surface area (Å²) in [6, 6.07) is 7.95. The lowest BCUT2D eigenvalue weighted by molar-refractivity contribution is 0.0940. The van der Waals surface area contributed by atoms with Gasteiger partial charge in [-0.2, -0.15) is 0 Å². The van der Waals surface area contributed by atoms with Crippen LogP contribution in [0.25, 0.3) is 0 Å². The maximum absolute atomic E-state index is 13.2. The molecule has 3 nitrogen and oxygen atoms in total. The first-order valence-electron chi connectivity index (χ1n) is 6.19. The molecule has 1 atom stereocenters. The lowest BCUT2D eigenvalue weighted by Crippen LogP contribution is -2.27. The number of rotatable bonds is 3. The van der Waals surface area contributed by atoms with Crippen molar-refractivity contribution in [2.75, 3.05) is 5.73 Å². The number of halogens is 3. The topological polar surface area (TPSA) is 55.1 Å². The highest BCUT2D eigenvalue weighted by Gasteiger charge is 2.15. The molecule has 0 aromatic heterocycles. The SMILES string of the molecule is CC(NC(=O)c1ccc(Br)cc1N)c1ccc(F)c(F)c1. The molecule has 0 saturated heterocycles. The third-order valence-corrected chi connectivity index (χ3v) is 3.54.